The Bertz CT molecular complexity index is 916. The molecule has 0 fully saturated rings. The first-order chi connectivity index (χ1) is 12.1. The molecule has 0 spiro atoms. The second-order valence-corrected chi connectivity index (χ2v) is 5.95. The van der Waals surface area contributed by atoms with Crippen molar-refractivity contribution in [3.63, 3.8) is 0 Å². The molecule has 0 bridgehead atoms. The molecule has 3 aromatic rings. The molecule has 0 aliphatic rings. The van der Waals surface area contributed by atoms with Crippen molar-refractivity contribution in [1.29, 1.82) is 0 Å². The molecule has 9 heteroatoms. The first-order valence-electron chi connectivity index (χ1n) is 7.30. The molecular weight excluding hydrogens is 395 g/mol. The van der Waals surface area contributed by atoms with Gasteiger partial charge in [0.1, 0.15) is 18.0 Å². The Kier molecular flexibility index (Phi) is 5.27. The number of fused-ring (bicyclic) bond motifs is 1. The van der Waals surface area contributed by atoms with Crippen LogP contribution in [0.25, 0.3) is 5.52 Å². The summed E-state index contributed by atoms with van der Waals surface area (Å²) in [6.45, 7) is -0.265. The van der Waals surface area contributed by atoms with Crippen LogP contribution < -0.4 is 10.8 Å². The molecule has 130 valence electrons. The first-order valence-corrected chi connectivity index (χ1v) is 8.09. The lowest BCUT2D eigenvalue weighted by molar-refractivity contribution is 0.0168. The Balaban J connectivity index is 2.00. The number of amides is 1. The van der Waals surface area contributed by atoms with Crippen LogP contribution in [0.15, 0.2) is 47.3 Å². The predicted molar refractivity (Wildman–Crippen MR) is 93.1 cm³/mol. The van der Waals surface area contributed by atoms with Crippen LogP contribution in [0.3, 0.4) is 0 Å². The van der Waals surface area contributed by atoms with E-state index in [-0.39, 0.29) is 24.5 Å². The molecule has 7 nitrogen and oxygen atoms in total. The Morgan fingerprint density at radius 3 is 2.96 bits per heavy atom. The summed E-state index contributed by atoms with van der Waals surface area (Å²) >= 11 is 3.20. The molecule has 0 atom stereocenters. The number of nitrogens with one attached hydrogen (secondary N) is 2. The van der Waals surface area contributed by atoms with Crippen LogP contribution in [0.5, 0.6) is 0 Å². The van der Waals surface area contributed by atoms with Crippen molar-refractivity contribution in [3.8, 4) is 0 Å². The zero-order valence-corrected chi connectivity index (χ0v) is 14.5. The standard InChI is InChI=1S/C16H14BrFN4O3/c17-10-1-4-14(13(18)7-10)20-15-12(16(24)21-25-6-5-23)3-2-11-8-19-9-22(11)15/h1-4,7-9,20,23H,5-6H2,(H,21,24). The van der Waals surface area contributed by atoms with Gasteiger partial charge < -0.3 is 10.4 Å². The van der Waals surface area contributed by atoms with Crippen LogP contribution in [-0.2, 0) is 4.84 Å². The third kappa shape index (κ3) is 3.78. The number of benzene rings is 1. The van der Waals surface area contributed by atoms with E-state index in [2.05, 4.69) is 31.7 Å². The lowest BCUT2D eigenvalue weighted by Gasteiger charge is -2.15. The van der Waals surface area contributed by atoms with Gasteiger partial charge in [0.2, 0.25) is 0 Å². The number of aromatic nitrogens is 2. The molecule has 25 heavy (non-hydrogen) atoms. The average Bonchev–Trinajstić information content (AvgIpc) is 3.06. The minimum absolute atomic E-state index is 0.0385. The molecule has 0 unspecified atom stereocenters. The zero-order valence-electron chi connectivity index (χ0n) is 12.9. The molecule has 2 aromatic heterocycles. The summed E-state index contributed by atoms with van der Waals surface area (Å²) in [5.41, 5.74) is 3.39. The van der Waals surface area contributed by atoms with E-state index >= 15 is 0 Å². The summed E-state index contributed by atoms with van der Waals surface area (Å²) < 4.78 is 16.4. The highest BCUT2D eigenvalue weighted by molar-refractivity contribution is 9.10. The molecule has 1 aromatic carbocycles. The van der Waals surface area contributed by atoms with Gasteiger partial charge in [-0.15, -0.1) is 0 Å². The van der Waals surface area contributed by atoms with Crippen molar-refractivity contribution < 1.29 is 19.1 Å². The maximum absolute atomic E-state index is 14.2. The lowest BCUT2D eigenvalue weighted by atomic mass is 10.2. The number of imidazole rings is 1. The predicted octanol–water partition coefficient (Wildman–Crippen LogP) is 2.63. The summed E-state index contributed by atoms with van der Waals surface area (Å²) in [5, 5.41) is 11.6. The SMILES string of the molecule is O=C(NOCCO)c1ccc2cncn2c1Nc1ccc(Br)cc1F. The second kappa shape index (κ2) is 7.60. The van der Waals surface area contributed by atoms with Crippen LogP contribution in [0.4, 0.5) is 15.9 Å². The van der Waals surface area contributed by atoms with Crippen LogP contribution in [-0.4, -0.2) is 33.6 Å². The van der Waals surface area contributed by atoms with Crippen molar-refractivity contribution in [2.24, 2.45) is 0 Å². The lowest BCUT2D eigenvalue weighted by Crippen LogP contribution is -2.26. The number of rotatable bonds is 6. The maximum Gasteiger partial charge on any atom is 0.278 e. The Labute approximate surface area is 150 Å². The number of pyridine rings is 1. The van der Waals surface area contributed by atoms with Gasteiger partial charge in [0.15, 0.2) is 0 Å². The number of nitrogens with zero attached hydrogens (tertiary/aromatic N) is 2. The highest BCUT2D eigenvalue weighted by atomic mass is 79.9. The maximum atomic E-state index is 14.2. The van der Waals surface area contributed by atoms with Crippen LogP contribution in [0, 0.1) is 5.82 Å². The van der Waals surface area contributed by atoms with Crippen LogP contribution >= 0.6 is 15.9 Å². The summed E-state index contributed by atoms with van der Waals surface area (Å²) in [7, 11) is 0. The molecule has 3 N–H and O–H groups in total. The fourth-order valence-electron chi connectivity index (χ4n) is 2.24. The van der Waals surface area contributed by atoms with Crippen LogP contribution in [0.1, 0.15) is 10.4 Å². The largest absolute Gasteiger partial charge is 0.394 e. The van der Waals surface area contributed by atoms with Gasteiger partial charge in [-0.3, -0.25) is 14.0 Å². The summed E-state index contributed by atoms with van der Waals surface area (Å²) in [6, 6.07) is 7.84. The topological polar surface area (TPSA) is 87.9 Å². The van der Waals surface area contributed by atoms with Gasteiger partial charge in [-0.1, -0.05) is 15.9 Å². The van der Waals surface area contributed by atoms with Gasteiger partial charge in [-0.25, -0.2) is 14.9 Å². The number of hydroxylamine groups is 1. The number of carbonyl (C=O) groups is 1. The summed E-state index contributed by atoms with van der Waals surface area (Å²) in [4.78, 5) is 21.2. The van der Waals surface area contributed by atoms with E-state index in [9.17, 15) is 9.18 Å². The van der Waals surface area contributed by atoms with Gasteiger partial charge >= 0.3 is 0 Å². The molecule has 0 aliphatic carbocycles. The number of carbonyl (C=O) groups excluding carboxylic acids is 1. The number of anilines is 2. The van der Waals surface area contributed by atoms with E-state index < -0.39 is 11.7 Å². The smallest absolute Gasteiger partial charge is 0.278 e. The third-order valence-corrected chi connectivity index (χ3v) is 3.86. The number of aliphatic hydroxyl groups excluding tert-OH is 1. The molecule has 0 saturated carbocycles. The quantitative estimate of drug-likeness (QED) is 0.431. The van der Waals surface area contributed by atoms with E-state index in [1.54, 1.807) is 34.9 Å². The molecular formula is C16H14BrFN4O3. The fourth-order valence-corrected chi connectivity index (χ4v) is 2.57. The highest BCUT2D eigenvalue weighted by Crippen LogP contribution is 2.26. The van der Waals surface area contributed by atoms with E-state index in [0.29, 0.717) is 10.3 Å². The molecule has 3 rings (SSSR count). The van der Waals surface area contributed by atoms with Crippen molar-refractivity contribution >= 4 is 38.9 Å². The van der Waals surface area contributed by atoms with E-state index in [0.717, 1.165) is 5.52 Å². The Morgan fingerprint density at radius 1 is 1.36 bits per heavy atom. The molecule has 0 aliphatic heterocycles. The number of hydrogen-bond donors (Lipinski definition) is 3. The summed E-state index contributed by atoms with van der Waals surface area (Å²) in [5.74, 6) is -0.681. The van der Waals surface area contributed by atoms with Gasteiger partial charge in [-0.05, 0) is 30.3 Å². The molecule has 1 amide bonds. The van der Waals surface area contributed by atoms with Crippen molar-refractivity contribution in [2.75, 3.05) is 18.5 Å². The monoisotopic (exact) mass is 408 g/mol. The van der Waals surface area contributed by atoms with E-state index in [1.165, 1.54) is 12.4 Å². The summed E-state index contributed by atoms with van der Waals surface area (Å²) in [6.07, 6.45) is 3.13. The van der Waals surface area contributed by atoms with Crippen molar-refractivity contribution in [3.05, 3.63) is 58.7 Å². The van der Waals surface area contributed by atoms with Crippen LogP contribution in [0.2, 0.25) is 0 Å². The van der Waals surface area contributed by atoms with Gasteiger partial charge in [0.25, 0.3) is 5.91 Å². The average molecular weight is 409 g/mol. The van der Waals surface area contributed by atoms with Crippen molar-refractivity contribution in [2.45, 2.75) is 0 Å². The minimum atomic E-state index is -0.538. The Hall–Kier alpha value is -2.49. The number of aliphatic hydroxyl groups is 1. The zero-order chi connectivity index (χ0) is 17.8. The van der Waals surface area contributed by atoms with E-state index in [4.69, 9.17) is 9.94 Å². The highest BCUT2D eigenvalue weighted by Gasteiger charge is 2.17. The van der Waals surface area contributed by atoms with Gasteiger partial charge in [0.05, 0.1) is 36.2 Å². The fraction of sp³-hybridized carbons (Fsp3) is 0.125. The third-order valence-electron chi connectivity index (χ3n) is 3.37. The van der Waals surface area contributed by atoms with E-state index in [1.807, 2.05) is 0 Å². The Morgan fingerprint density at radius 2 is 2.20 bits per heavy atom. The van der Waals surface area contributed by atoms with Crippen molar-refractivity contribution in [1.82, 2.24) is 14.9 Å². The van der Waals surface area contributed by atoms with Gasteiger partial charge in [-0.2, -0.15) is 0 Å². The molecule has 0 radical (unpaired) electrons. The normalized spacial score (nSPS) is 10.8. The second-order valence-electron chi connectivity index (χ2n) is 5.04. The number of halogens is 2. The molecule has 2 heterocycles. The molecule has 0 saturated heterocycles. The first kappa shape index (κ1) is 17.3. The minimum Gasteiger partial charge on any atom is -0.394 e. The van der Waals surface area contributed by atoms with Gasteiger partial charge in [0, 0.05) is 4.47 Å². The number of hydrogen-bond acceptors (Lipinski definition) is 5.